The van der Waals surface area contributed by atoms with Gasteiger partial charge >= 0.3 is 0 Å². The van der Waals surface area contributed by atoms with Gasteiger partial charge in [-0.05, 0) is 18.4 Å². The van der Waals surface area contributed by atoms with E-state index in [1.807, 2.05) is 29.1 Å². The van der Waals surface area contributed by atoms with Crippen LogP contribution in [0.5, 0.6) is 0 Å². The maximum atomic E-state index is 5.21. The van der Waals surface area contributed by atoms with Gasteiger partial charge in [-0.3, -0.25) is 0 Å². The predicted molar refractivity (Wildman–Crippen MR) is 107 cm³/mol. The summed E-state index contributed by atoms with van der Waals surface area (Å²) in [6.45, 7) is 3.46. The van der Waals surface area contributed by atoms with E-state index in [0.29, 0.717) is 6.61 Å². The van der Waals surface area contributed by atoms with E-state index in [1.54, 1.807) is 24.8 Å². The molecule has 27 heavy (non-hydrogen) atoms. The summed E-state index contributed by atoms with van der Waals surface area (Å²) in [4.78, 5) is 4.75. The molecule has 1 atom stereocenters. The standard InChI is InChI=1S/C20H21N5OS/c1-15(20-23-22-14-24(20)9-10-26-2)25-13-21-18(16-6-4-3-5-7-16)19(25)17-8-11-27-12-17/h3-8,11-15H,9-10H2,1-2H3/t15-/m0/s1. The van der Waals surface area contributed by atoms with E-state index in [-0.39, 0.29) is 6.04 Å². The zero-order chi connectivity index (χ0) is 18.6. The number of imidazole rings is 1. The molecule has 0 saturated heterocycles. The molecule has 3 aromatic heterocycles. The Bertz CT molecular complexity index is 991. The van der Waals surface area contributed by atoms with Crippen molar-refractivity contribution in [1.82, 2.24) is 24.3 Å². The van der Waals surface area contributed by atoms with Gasteiger partial charge in [-0.1, -0.05) is 30.3 Å². The number of benzene rings is 1. The molecule has 0 saturated carbocycles. The molecule has 0 spiro atoms. The van der Waals surface area contributed by atoms with Gasteiger partial charge in [0.1, 0.15) is 6.33 Å². The summed E-state index contributed by atoms with van der Waals surface area (Å²) in [6.07, 6.45) is 3.65. The van der Waals surface area contributed by atoms with Crippen LogP contribution in [-0.2, 0) is 11.3 Å². The first-order chi connectivity index (χ1) is 13.3. The highest BCUT2D eigenvalue weighted by Crippen LogP contribution is 2.35. The minimum Gasteiger partial charge on any atom is -0.383 e. The second kappa shape index (κ2) is 7.85. The smallest absolute Gasteiger partial charge is 0.155 e. The summed E-state index contributed by atoms with van der Waals surface area (Å²) in [5, 5.41) is 12.7. The van der Waals surface area contributed by atoms with Crippen LogP contribution in [0.3, 0.4) is 0 Å². The van der Waals surface area contributed by atoms with E-state index in [2.05, 4.69) is 50.6 Å². The first kappa shape index (κ1) is 17.6. The van der Waals surface area contributed by atoms with E-state index in [1.165, 1.54) is 0 Å². The Labute approximate surface area is 162 Å². The molecule has 6 nitrogen and oxygen atoms in total. The van der Waals surface area contributed by atoms with Crippen LogP contribution in [-0.4, -0.2) is 38.0 Å². The summed E-state index contributed by atoms with van der Waals surface area (Å²) in [5.41, 5.74) is 4.33. The van der Waals surface area contributed by atoms with Gasteiger partial charge in [0.15, 0.2) is 5.82 Å². The highest BCUT2D eigenvalue weighted by molar-refractivity contribution is 7.08. The Balaban J connectivity index is 1.80. The highest BCUT2D eigenvalue weighted by atomic mass is 32.1. The molecule has 4 aromatic rings. The van der Waals surface area contributed by atoms with Crippen molar-refractivity contribution in [2.75, 3.05) is 13.7 Å². The molecule has 0 unspecified atom stereocenters. The molecular weight excluding hydrogens is 358 g/mol. The van der Waals surface area contributed by atoms with Crippen LogP contribution in [0.15, 0.2) is 59.8 Å². The van der Waals surface area contributed by atoms with E-state index < -0.39 is 0 Å². The number of aromatic nitrogens is 5. The lowest BCUT2D eigenvalue weighted by Gasteiger charge is -2.17. The number of hydrogen-bond acceptors (Lipinski definition) is 5. The number of methoxy groups -OCH3 is 1. The van der Waals surface area contributed by atoms with Gasteiger partial charge in [0.2, 0.25) is 0 Å². The Kier molecular flexibility index (Phi) is 5.13. The number of thiophene rings is 1. The lowest BCUT2D eigenvalue weighted by atomic mass is 10.1. The highest BCUT2D eigenvalue weighted by Gasteiger charge is 2.22. The van der Waals surface area contributed by atoms with Crippen molar-refractivity contribution in [3.05, 3.63) is 65.6 Å². The van der Waals surface area contributed by atoms with E-state index in [4.69, 9.17) is 9.72 Å². The van der Waals surface area contributed by atoms with Crippen molar-refractivity contribution < 1.29 is 4.74 Å². The fourth-order valence-electron chi connectivity index (χ4n) is 3.22. The summed E-state index contributed by atoms with van der Waals surface area (Å²) >= 11 is 1.68. The van der Waals surface area contributed by atoms with E-state index >= 15 is 0 Å². The second-order valence-electron chi connectivity index (χ2n) is 6.28. The van der Waals surface area contributed by atoms with Crippen LogP contribution in [0.2, 0.25) is 0 Å². The maximum absolute atomic E-state index is 5.21. The lowest BCUT2D eigenvalue weighted by Crippen LogP contribution is -2.15. The summed E-state index contributed by atoms with van der Waals surface area (Å²) < 4.78 is 9.42. The topological polar surface area (TPSA) is 57.8 Å². The van der Waals surface area contributed by atoms with Crippen LogP contribution >= 0.6 is 11.3 Å². The van der Waals surface area contributed by atoms with Gasteiger partial charge in [0.25, 0.3) is 0 Å². The van der Waals surface area contributed by atoms with E-state index in [9.17, 15) is 0 Å². The van der Waals surface area contributed by atoms with Crippen molar-refractivity contribution in [2.45, 2.75) is 19.5 Å². The Hall–Kier alpha value is -2.77. The third-order valence-corrected chi connectivity index (χ3v) is 5.29. The Morgan fingerprint density at radius 3 is 2.70 bits per heavy atom. The predicted octanol–water partition coefficient (Wildman–Crippen LogP) is 4.13. The van der Waals surface area contributed by atoms with Crippen LogP contribution in [0.25, 0.3) is 22.5 Å². The van der Waals surface area contributed by atoms with Gasteiger partial charge in [-0.2, -0.15) is 11.3 Å². The molecule has 7 heteroatoms. The number of ether oxygens (including phenoxy) is 1. The van der Waals surface area contributed by atoms with Gasteiger partial charge in [-0.25, -0.2) is 4.98 Å². The molecule has 0 aliphatic carbocycles. The first-order valence-electron chi connectivity index (χ1n) is 8.81. The minimum absolute atomic E-state index is 0.00998. The van der Waals surface area contributed by atoms with Gasteiger partial charge in [-0.15, -0.1) is 10.2 Å². The Morgan fingerprint density at radius 2 is 1.96 bits per heavy atom. The van der Waals surface area contributed by atoms with Crippen LogP contribution in [0, 0.1) is 0 Å². The largest absolute Gasteiger partial charge is 0.383 e. The average Bonchev–Trinajstić information content (AvgIpc) is 3.46. The number of rotatable bonds is 7. The lowest BCUT2D eigenvalue weighted by molar-refractivity contribution is 0.185. The van der Waals surface area contributed by atoms with E-state index in [0.717, 1.165) is 34.9 Å². The fraction of sp³-hybridized carbons (Fsp3) is 0.250. The molecule has 0 bridgehead atoms. The minimum atomic E-state index is -0.00998. The third kappa shape index (κ3) is 3.43. The fourth-order valence-corrected chi connectivity index (χ4v) is 3.86. The van der Waals surface area contributed by atoms with Crippen LogP contribution in [0.4, 0.5) is 0 Å². The summed E-state index contributed by atoms with van der Waals surface area (Å²) in [6, 6.07) is 12.4. The van der Waals surface area contributed by atoms with Crippen molar-refractivity contribution in [3.8, 4) is 22.5 Å². The zero-order valence-corrected chi connectivity index (χ0v) is 16.1. The molecule has 3 heterocycles. The Morgan fingerprint density at radius 1 is 1.11 bits per heavy atom. The molecular formula is C20H21N5OS. The normalized spacial score (nSPS) is 12.4. The SMILES string of the molecule is COCCn1cnnc1[C@H](C)n1cnc(-c2ccccc2)c1-c1ccsc1. The molecule has 1 aromatic carbocycles. The van der Waals surface area contributed by atoms with Gasteiger partial charge in [0.05, 0.1) is 30.4 Å². The molecule has 0 amide bonds. The zero-order valence-electron chi connectivity index (χ0n) is 15.3. The van der Waals surface area contributed by atoms with Crippen molar-refractivity contribution in [3.63, 3.8) is 0 Å². The van der Waals surface area contributed by atoms with Crippen LogP contribution in [0.1, 0.15) is 18.8 Å². The average molecular weight is 379 g/mol. The first-order valence-corrected chi connectivity index (χ1v) is 9.75. The molecule has 0 fully saturated rings. The molecule has 0 aliphatic heterocycles. The van der Waals surface area contributed by atoms with Crippen molar-refractivity contribution in [1.29, 1.82) is 0 Å². The van der Waals surface area contributed by atoms with Gasteiger partial charge in [0, 0.05) is 30.2 Å². The monoisotopic (exact) mass is 379 g/mol. The second-order valence-corrected chi connectivity index (χ2v) is 7.06. The summed E-state index contributed by atoms with van der Waals surface area (Å²) in [5.74, 6) is 0.889. The maximum Gasteiger partial charge on any atom is 0.155 e. The van der Waals surface area contributed by atoms with Gasteiger partial charge < -0.3 is 13.9 Å². The van der Waals surface area contributed by atoms with Crippen LogP contribution < -0.4 is 0 Å². The number of hydrogen-bond donors (Lipinski definition) is 0. The van der Waals surface area contributed by atoms with Crippen molar-refractivity contribution in [2.24, 2.45) is 0 Å². The summed E-state index contributed by atoms with van der Waals surface area (Å²) in [7, 11) is 1.70. The number of nitrogens with zero attached hydrogens (tertiary/aromatic N) is 5. The van der Waals surface area contributed by atoms with Crippen molar-refractivity contribution >= 4 is 11.3 Å². The molecule has 4 rings (SSSR count). The molecule has 0 radical (unpaired) electrons. The molecule has 0 N–H and O–H groups in total. The molecule has 138 valence electrons. The quantitative estimate of drug-likeness (QED) is 0.484. The molecule has 0 aliphatic rings. The third-order valence-electron chi connectivity index (χ3n) is 4.61.